The van der Waals surface area contributed by atoms with Crippen LogP contribution in [-0.4, -0.2) is 33.6 Å². The Hall–Kier alpha value is -2.19. The quantitative estimate of drug-likeness (QED) is 0.701. The minimum atomic E-state index is -3.44. The van der Waals surface area contributed by atoms with E-state index in [9.17, 15) is 8.42 Å². The number of nitrogens with one attached hydrogen (secondary N) is 2. The number of fused-ring (bicyclic) bond motifs is 1. The first-order valence-corrected chi connectivity index (χ1v) is 8.78. The number of hydrogen-bond acceptors (Lipinski definition) is 6. The van der Waals surface area contributed by atoms with Crippen LogP contribution in [0.1, 0.15) is 13.8 Å². The Kier molecular flexibility index (Phi) is 3.95. The molecule has 0 fully saturated rings. The Morgan fingerprint density at radius 2 is 1.96 bits per heavy atom. The van der Waals surface area contributed by atoms with Crippen LogP contribution >= 0.6 is 11.6 Å². The van der Waals surface area contributed by atoms with Gasteiger partial charge in [0.1, 0.15) is 0 Å². The number of H-pyrrole nitrogens is 1. The van der Waals surface area contributed by atoms with Crippen molar-refractivity contribution in [3.05, 3.63) is 35.9 Å². The second-order valence-corrected chi connectivity index (χ2v) is 7.97. The first-order valence-electron chi connectivity index (χ1n) is 6.86. The van der Waals surface area contributed by atoms with Crippen LogP contribution < -0.4 is 5.32 Å². The standard InChI is InChI=1S/C14H14ClN5O2S/c1-8(2)23(21,22)10-6-4-3-5-9(10)18-13-11-12(17-7-16-11)19-14(15)20-13/h3-8H,1-2H3,(H2,16,17,18,19,20). The van der Waals surface area contributed by atoms with Gasteiger partial charge < -0.3 is 10.3 Å². The van der Waals surface area contributed by atoms with E-state index < -0.39 is 15.1 Å². The monoisotopic (exact) mass is 351 g/mol. The number of hydrogen-bond donors (Lipinski definition) is 2. The minimum Gasteiger partial charge on any atom is -0.337 e. The fourth-order valence-corrected chi connectivity index (χ4v) is 3.47. The molecule has 0 aliphatic rings. The number of halogens is 1. The van der Waals surface area contributed by atoms with Crippen molar-refractivity contribution in [3.8, 4) is 0 Å². The van der Waals surface area contributed by atoms with Crippen LogP contribution in [0.5, 0.6) is 0 Å². The smallest absolute Gasteiger partial charge is 0.226 e. The SMILES string of the molecule is CC(C)S(=O)(=O)c1ccccc1Nc1nc(Cl)nc2[nH]cnc12. The Bertz CT molecular complexity index is 968. The number of para-hydroxylation sites is 1. The molecule has 0 saturated heterocycles. The van der Waals surface area contributed by atoms with Crippen LogP contribution in [0.3, 0.4) is 0 Å². The Labute approximate surface area is 138 Å². The largest absolute Gasteiger partial charge is 0.337 e. The maximum atomic E-state index is 12.5. The van der Waals surface area contributed by atoms with Crippen molar-refractivity contribution in [2.45, 2.75) is 24.0 Å². The number of nitrogens with zero attached hydrogens (tertiary/aromatic N) is 3. The highest BCUT2D eigenvalue weighted by molar-refractivity contribution is 7.92. The molecule has 2 aromatic heterocycles. The molecule has 1 aromatic carbocycles. The van der Waals surface area contributed by atoms with Crippen molar-refractivity contribution >= 4 is 44.1 Å². The molecule has 0 spiro atoms. The lowest BCUT2D eigenvalue weighted by atomic mass is 10.3. The van der Waals surface area contributed by atoms with Crippen molar-refractivity contribution in [3.63, 3.8) is 0 Å². The Balaban J connectivity index is 2.12. The zero-order valence-corrected chi connectivity index (χ0v) is 14.0. The third-order valence-corrected chi connectivity index (χ3v) is 5.70. The molecular formula is C14H14ClN5O2S. The van der Waals surface area contributed by atoms with Crippen LogP contribution in [0.4, 0.5) is 11.5 Å². The molecule has 120 valence electrons. The lowest BCUT2D eigenvalue weighted by molar-refractivity contribution is 0.588. The molecule has 2 heterocycles. The highest BCUT2D eigenvalue weighted by Gasteiger charge is 2.23. The average Bonchev–Trinajstić information content (AvgIpc) is 2.95. The van der Waals surface area contributed by atoms with Gasteiger partial charge in [-0.3, -0.25) is 0 Å². The van der Waals surface area contributed by atoms with Gasteiger partial charge in [-0.2, -0.15) is 9.97 Å². The van der Waals surface area contributed by atoms with Gasteiger partial charge in [-0.1, -0.05) is 12.1 Å². The summed E-state index contributed by atoms with van der Waals surface area (Å²) in [4.78, 5) is 15.3. The summed E-state index contributed by atoms with van der Waals surface area (Å²) in [6.07, 6.45) is 1.47. The van der Waals surface area contributed by atoms with Crippen LogP contribution in [0.15, 0.2) is 35.5 Å². The summed E-state index contributed by atoms with van der Waals surface area (Å²) in [7, 11) is -3.44. The van der Waals surface area contributed by atoms with Crippen molar-refractivity contribution in [1.29, 1.82) is 0 Å². The molecule has 0 aliphatic carbocycles. The van der Waals surface area contributed by atoms with Gasteiger partial charge in [-0.25, -0.2) is 13.4 Å². The second kappa shape index (κ2) is 5.78. The highest BCUT2D eigenvalue weighted by Crippen LogP contribution is 2.29. The lowest BCUT2D eigenvalue weighted by Gasteiger charge is -2.14. The van der Waals surface area contributed by atoms with E-state index in [0.29, 0.717) is 22.7 Å². The number of sulfone groups is 1. The maximum absolute atomic E-state index is 12.5. The van der Waals surface area contributed by atoms with Crippen molar-refractivity contribution in [2.24, 2.45) is 0 Å². The average molecular weight is 352 g/mol. The lowest BCUT2D eigenvalue weighted by Crippen LogP contribution is -2.15. The number of anilines is 2. The van der Waals surface area contributed by atoms with E-state index in [-0.39, 0.29) is 10.2 Å². The van der Waals surface area contributed by atoms with Crippen LogP contribution in [0, 0.1) is 0 Å². The predicted octanol–water partition coefficient (Wildman–Crippen LogP) is 2.93. The number of imidazole rings is 1. The normalized spacial score (nSPS) is 12.0. The van der Waals surface area contributed by atoms with Crippen LogP contribution in [-0.2, 0) is 9.84 Å². The molecule has 0 atom stereocenters. The Morgan fingerprint density at radius 3 is 2.70 bits per heavy atom. The van der Waals surface area contributed by atoms with Crippen molar-refractivity contribution in [2.75, 3.05) is 5.32 Å². The third kappa shape index (κ3) is 2.87. The number of aromatic amines is 1. The van der Waals surface area contributed by atoms with E-state index in [1.807, 2.05) is 0 Å². The summed E-state index contributed by atoms with van der Waals surface area (Å²) in [5.41, 5.74) is 1.36. The zero-order chi connectivity index (χ0) is 16.6. The zero-order valence-electron chi connectivity index (χ0n) is 12.4. The van der Waals surface area contributed by atoms with E-state index in [1.165, 1.54) is 6.33 Å². The summed E-state index contributed by atoms with van der Waals surface area (Å²) in [5, 5.41) is 2.50. The molecule has 0 radical (unpaired) electrons. The minimum absolute atomic E-state index is 0.0356. The summed E-state index contributed by atoms with van der Waals surface area (Å²) in [5.74, 6) is 0.340. The van der Waals surface area contributed by atoms with Gasteiger partial charge in [-0.15, -0.1) is 0 Å². The van der Waals surface area contributed by atoms with Crippen LogP contribution in [0.2, 0.25) is 5.28 Å². The molecule has 3 aromatic rings. The van der Waals surface area contributed by atoms with Crippen molar-refractivity contribution < 1.29 is 8.42 Å². The van der Waals surface area contributed by atoms with Gasteiger partial charge in [-0.05, 0) is 37.6 Å². The molecule has 3 rings (SSSR count). The van der Waals surface area contributed by atoms with Gasteiger partial charge in [0, 0.05) is 0 Å². The predicted molar refractivity (Wildman–Crippen MR) is 88.7 cm³/mol. The highest BCUT2D eigenvalue weighted by atomic mass is 35.5. The summed E-state index contributed by atoms with van der Waals surface area (Å²) in [6, 6.07) is 6.65. The van der Waals surface area contributed by atoms with E-state index in [2.05, 4.69) is 25.3 Å². The van der Waals surface area contributed by atoms with Gasteiger partial charge in [0.05, 0.1) is 22.2 Å². The van der Waals surface area contributed by atoms with Gasteiger partial charge in [0.15, 0.2) is 26.8 Å². The van der Waals surface area contributed by atoms with Gasteiger partial charge in [0.2, 0.25) is 5.28 Å². The number of aromatic nitrogens is 4. The maximum Gasteiger partial charge on any atom is 0.226 e. The molecule has 0 unspecified atom stereocenters. The first kappa shape index (κ1) is 15.7. The molecule has 0 bridgehead atoms. The molecule has 2 N–H and O–H groups in total. The van der Waals surface area contributed by atoms with Crippen molar-refractivity contribution in [1.82, 2.24) is 19.9 Å². The van der Waals surface area contributed by atoms with Gasteiger partial charge in [0.25, 0.3) is 0 Å². The summed E-state index contributed by atoms with van der Waals surface area (Å²) >= 11 is 5.90. The fourth-order valence-electron chi connectivity index (χ4n) is 2.10. The topological polar surface area (TPSA) is 101 Å². The third-order valence-electron chi connectivity index (χ3n) is 3.32. The number of benzene rings is 1. The van der Waals surface area contributed by atoms with Gasteiger partial charge >= 0.3 is 0 Å². The van der Waals surface area contributed by atoms with E-state index in [0.717, 1.165) is 0 Å². The Morgan fingerprint density at radius 1 is 1.22 bits per heavy atom. The summed E-state index contributed by atoms with van der Waals surface area (Å²) in [6.45, 7) is 3.28. The molecule has 7 nitrogen and oxygen atoms in total. The fraction of sp³-hybridized carbons (Fsp3) is 0.214. The second-order valence-electron chi connectivity index (χ2n) is 5.16. The molecule has 0 saturated carbocycles. The van der Waals surface area contributed by atoms with E-state index in [1.54, 1.807) is 38.1 Å². The summed E-state index contributed by atoms with van der Waals surface area (Å²) < 4.78 is 25.0. The molecular weight excluding hydrogens is 338 g/mol. The number of rotatable bonds is 4. The molecule has 0 amide bonds. The van der Waals surface area contributed by atoms with E-state index >= 15 is 0 Å². The molecule has 9 heteroatoms. The van der Waals surface area contributed by atoms with Crippen LogP contribution in [0.25, 0.3) is 11.2 Å². The molecule has 23 heavy (non-hydrogen) atoms. The molecule has 0 aliphatic heterocycles. The first-order chi connectivity index (χ1) is 10.9. The van der Waals surface area contributed by atoms with E-state index in [4.69, 9.17) is 11.6 Å².